The van der Waals surface area contributed by atoms with Crippen molar-refractivity contribution in [2.24, 2.45) is 5.41 Å². The number of aryl methyl sites for hydroxylation is 2. The van der Waals surface area contributed by atoms with E-state index in [9.17, 15) is 4.79 Å². The first kappa shape index (κ1) is 12.6. The van der Waals surface area contributed by atoms with Crippen LogP contribution in [0.15, 0.2) is 22.7 Å². The van der Waals surface area contributed by atoms with Gasteiger partial charge < -0.3 is 4.52 Å². The summed E-state index contributed by atoms with van der Waals surface area (Å²) in [5.41, 5.74) is 5.59. The van der Waals surface area contributed by atoms with E-state index in [1.165, 1.54) is 29.5 Å². The number of ketones is 1. The molecule has 3 nitrogen and oxygen atoms in total. The van der Waals surface area contributed by atoms with Crippen LogP contribution in [0.5, 0.6) is 0 Å². The van der Waals surface area contributed by atoms with Crippen LogP contribution < -0.4 is 0 Å². The van der Waals surface area contributed by atoms with Crippen LogP contribution in [0.1, 0.15) is 63.7 Å². The number of benzene rings is 1. The fourth-order valence-corrected chi connectivity index (χ4v) is 4.35. The molecule has 3 aliphatic carbocycles. The van der Waals surface area contributed by atoms with E-state index in [4.69, 9.17) is 4.52 Å². The van der Waals surface area contributed by atoms with Crippen molar-refractivity contribution >= 4 is 5.78 Å². The molecule has 0 aliphatic heterocycles. The third-order valence-electron chi connectivity index (χ3n) is 5.86. The minimum absolute atomic E-state index is 0.242. The molecule has 1 heterocycles. The van der Waals surface area contributed by atoms with E-state index in [0.717, 1.165) is 42.7 Å². The maximum Gasteiger partial charge on any atom is 0.169 e. The van der Waals surface area contributed by atoms with Crippen molar-refractivity contribution in [2.45, 2.75) is 51.4 Å². The standard InChI is InChI=1S/C19H19NO2/c1-11-16-10-19(7-6-17(16)20-22-11)9-14-5-4-13(12-2-3-12)8-15(14)18(19)21/h4-5,8,12H,2-3,6-7,9-10H2,1H3. The van der Waals surface area contributed by atoms with Gasteiger partial charge in [0.1, 0.15) is 5.76 Å². The topological polar surface area (TPSA) is 43.1 Å². The number of Topliss-reactive ketones (excluding diaryl/α,β-unsaturated/α-hetero) is 1. The maximum absolute atomic E-state index is 13.2. The quantitative estimate of drug-likeness (QED) is 0.803. The van der Waals surface area contributed by atoms with Gasteiger partial charge in [-0.1, -0.05) is 17.3 Å². The average molecular weight is 293 g/mol. The molecule has 22 heavy (non-hydrogen) atoms. The highest BCUT2D eigenvalue weighted by molar-refractivity contribution is 6.05. The second-order valence-electron chi connectivity index (χ2n) is 7.32. The number of fused-ring (bicyclic) bond motifs is 2. The van der Waals surface area contributed by atoms with Crippen LogP contribution in [0.3, 0.4) is 0 Å². The summed E-state index contributed by atoms with van der Waals surface area (Å²) in [7, 11) is 0. The monoisotopic (exact) mass is 293 g/mol. The van der Waals surface area contributed by atoms with Gasteiger partial charge in [0, 0.05) is 16.5 Å². The number of hydrogen-bond donors (Lipinski definition) is 0. The highest BCUT2D eigenvalue weighted by Crippen LogP contribution is 2.48. The fourth-order valence-electron chi connectivity index (χ4n) is 4.35. The molecule has 0 N–H and O–H groups in total. The molecule has 3 aliphatic rings. The van der Waals surface area contributed by atoms with Gasteiger partial charge in [-0.3, -0.25) is 4.79 Å². The molecule has 0 saturated heterocycles. The SMILES string of the molecule is Cc1onc2c1CC1(CC2)Cc2ccc(C3CC3)cc2C1=O. The summed E-state index contributed by atoms with van der Waals surface area (Å²) < 4.78 is 5.33. The van der Waals surface area contributed by atoms with E-state index in [2.05, 4.69) is 23.4 Å². The first-order valence-corrected chi connectivity index (χ1v) is 8.28. The fraction of sp³-hybridized carbons (Fsp3) is 0.474. The van der Waals surface area contributed by atoms with E-state index in [1.807, 2.05) is 6.92 Å². The number of carbonyl (C=O) groups is 1. The second-order valence-corrected chi connectivity index (χ2v) is 7.32. The van der Waals surface area contributed by atoms with Crippen molar-refractivity contribution in [1.29, 1.82) is 0 Å². The third-order valence-corrected chi connectivity index (χ3v) is 5.86. The van der Waals surface area contributed by atoms with Gasteiger partial charge in [-0.15, -0.1) is 0 Å². The molecule has 0 radical (unpaired) electrons. The van der Waals surface area contributed by atoms with Gasteiger partial charge in [0.25, 0.3) is 0 Å². The molecule has 1 spiro atoms. The summed E-state index contributed by atoms with van der Waals surface area (Å²) in [4.78, 5) is 13.2. The van der Waals surface area contributed by atoms with E-state index < -0.39 is 0 Å². The zero-order valence-electron chi connectivity index (χ0n) is 12.8. The molecule has 3 heteroatoms. The Morgan fingerprint density at radius 3 is 2.95 bits per heavy atom. The first-order chi connectivity index (χ1) is 10.7. The number of hydrogen-bond acceptors (Lipinski definition) is 3. The van der Waals surface area contributed by atoms with Gasteiger partial charge in [-0.2, -0.15) is 0 Å². The Morgan fingerprint density at radius 2 is 2.14 bits per heavy atom. The van der Waals surface area contributed by atoms with Crippen molar-refractivity contribution in [2.75, 3.05) is 0 Å². The second kappa shape index (κ2) is 4.09. The van der Waals surface area contributed by atoms with Gasteiger partial charge in [-0.25, -0.2) is 0 Å². The molecule has 5 rings (SSSR count). The normalized spacial score (nSPS) is 26.3. The Kier molecular flexibility index (Phi) is 2.35. The summed E-state index contributed by atoms with van der Waals surface area (Å²) in [6.45, 7) is 1.96. The van der Waals surface area contributed by atoms with Gasteiger partial charge in [-0.05, 0) is 68.6 Å². The lowest BCUT2D eigenvalue weighted by Crippen LogP contribution is -2.34. The van der Waals surface area contributed by atoms with Crippen molar-refractivity contribution < 1.29 is 9.32 Å². The lowest BCUT2D eigenvalue weighted by molar-refractivity contribution is 0.0793. The molecular formula is C19H19NO2. The van der Waals surface area contributed by atoms with E-state index in [1.54, 1.807) is 0 Å². The van der Waals surface area contributed by atoms with E-state index in [0.29, 0.717) is 11.7 Å². The molecule has 1 atom stereocenters. The van der Waals surface area contributed by atoms with Gasteiger partial charge in [0.2, 0.25) is 0 Å². The number of carbonyl (C=O) groups excluding carboxylic acids is 1. The number of aromatic nitrogens is 1. The minimum atomic E-state index is -0.242. The Hall–Kier alpha value is -1.90. The van der Waals surface area contributed by atoms with Gasteiger partial charge in [0.15, 0.2) is 5.78 Å². The molecular weight excluding hydrogens is 274 g/mol. The van der Waals surface area contributed by atoms with Crippen molar-refractivity contribution in [3.05, 3.63) is 51.9 Å². The molecule has 0 amide bonds. The van der Waals surface area contributed by atoms with Crippen LogP contribution in [0, 0.1) is 12.3 Å². The summed E-state index contributed by atoms with van der Waals surface area (Å²) >= 11 is 0. The Labute approximate surface area is 129 Å². The summed E-state index contributed by atoms with van der Waals surface area (Å²) in [6, 6.07) is 6.62. The molecule has 112 valence electrons. The molecule has 0 bridgehead atoms. The summed E-state index contributed by atoms with van der Waals surface area (Å²) in [6.07, 6.45) is 6.00. The lowest BCUT2D eigenvalue weighted by atomic mass is 9.70. The zero-order valence-corrected chi connectivity index (χ0v) is 12.8. The van der Waals surface area contributed by atoms with Crippen LogP contribution in [-0.2, 0) is 19.3 Å². The van der Waals surface area contributed by atoms with Gasteiger partial charge >= 0.3 is 0 Å². The molecule has 2 aromatic rings. The Bertz CT molecular complexity index is 800. The minimum Gasteiger partial charge on any atom is -0.361 e. The largest absolute Gasteiger partial charge is 0.361 e. The zero-order chi connectivity index (χ0) is 14.9. The molecule has 1 fully saturated rings. The third kappa shape index (κ3) is 1.62. The lowest BCUT2D eigenvalue weighted by Gasteiger charge is -2.30. The Balaban J connectivity index is 1.55. The Morgan fingerprint density at radius 1 is 1.27 bits per heavy atom. The highest BCUT2D eigenvalue weighted by Gasteiger charge is 2.48. The van der Waals surface area contributed by atoms with Crippen LogP contribution >= 0.6 is 0 Å². The van der Waals surface area contributed by atoms with Crippen LogP contribution in [0.4, 0.5) is 0 Å². The van der Waals surface area contributed by atoms with Crippen LogP contribution in [0.25, 0.3) is 0 Å². The van der Waals surface area contributed by atoms with E-state index >= 15 is 0 Å². The molecule has 1 saturated carbocycles. The summed E-state index contributed by atoms with van der Waals surface area (Å²) in [5.74, 6) is 1.95. The van der Waals surface area contributed by atoms with Crippen LogP contribution in [-0.4, -0.2) is 10.9 Å². The molecule has 1 aromatic heterocycles. The van der Waals surface area contributed by atoms with Crippen molar-refractivity contribution in [3.8, 4) is 0 Å². The predicted octanol–water partition coefficient (Wildman–Crippen LogP) is 3.77. The smallest absolute Gasteiger partial charge is 0.169 e. The average Bonchev–Trinajstić information content (AvgIpc) is 3.27. The summed E-state index contributed by atoms with van der Waals surface area (Å²) in [5, 5.41) is 4.14. The predicted molar refractivity (Wildman–Crippen MR) is 82.1 cm³/mol. The molecule has 1 aromatic carbocycles. The van der Waals surface area contributed by atoms with Crippen LogP contribution in [0.2, 0.25) is 0 Å². The van der Waals surface area contributed by atoms with Crippen molar-refractivity contribution in [3.63, 3.8) is 0 Å². The number of rotatable bonds is 1. The maximum atomic E-state index is 13.2. The number of nitrogens with zero attached hydrogens (tertiary/aromatic N) is 1. The van der Waals surface area contributed by atoms with Gasteiger partial charge in [0.05, 0.1) is 5.69 Å². The van der Waals surface area contributed by atoms with Crippen molar-refractivity contribution in [1.82, 2.24) is 5.16 Å². The molecule has 1 unspecified atom stereocenters. The first-order valence-electron chi connectivity index (χ1n) is 8.28. The van der Waals surface area contributed by atoms with E-state index in [-0.39, 0.29) is 5.41 Å². The highest BCUT2D eigenvalue weighted by atomic mass is 16.5.